The van der Waals surface area contributed by atoms with Gasteiger partial charge >= 0.3 is 5.97 Å². The molecule has 2 aromatic carbocycles. The molecule has 20 heavy (non-hydrogen) atoms. The van der Waals surface area contributed by atoms with Gasteiger partial charge < -0.3 is 9.84 Å². The van der Waals surface area contributed by atoms with Crippen molar-refractivity contribution < 1.29 is 14.6 Å². The maximum atomic E-state index is 10.9. The Bertz CT molecular complexity index is 778. The first-order valence-corrected chi connectivity index (χ1v) is 6.09. The number of aromatic carboxylic acids is 1. The second-order valence-electron chi connectivity index (χ2n) is 4.27. The third-order valence-electron chi connectivity index (χ3n) is 2.93. The van der Waals surface area contributed by atoms with Gasteiger partial charge in [-0.2, -0.15) is 0 Å². The van der Waals surface area contributed by atoms with Gasteiger partial charge in [0.25, 0.3) is 0 Å². The molecule has 0 unspecified atom stereocenters. The molecule has 4 heteroatoms. The molecule has 1 aromatic heterocycles. The average molecular weight is 265 g/mol. The summed E-state index contributed by atoms with van der Waals surface area (Å²) in [5, 5.41) is 10.9. The van der Waals surface area contributed by atoms with Gasteiger partial charge in [-0.3, -0.25) is 0 Å². The first-order chi connectivity index (χ1) is 9.74. The second-order valence-corrected chi connectivity index (χ2v) is 4.27. The SMILES string of the molecule is O=C(O)c1cccc(Oc2nccc3ccccc23)c1. The molecule has 0 saturated heterocycles. The molecule has 0 bridgehead atoms. The zero-order valence-corrected chi connectivity index (χ0v) is 10.5. The van der Waals surface area contributed by atoms with Crippen LogP contribution in [-0.4, -0.2) is 16.1 Å². The van der Waals surface area contributed by atoms with Crippen molar-refractivity contribution in [1.29, 1.82) is 0 Å². The zero-order chi connectivity index (χ0) is 13.9. The van der Waals surface area contributed by atoms with Gasteiger partial charge in [-0.1, -0.05) is 24.3 Å². The number of ether oxygens (including phenoxy) is 1. The number of carboxylic acids is 1. The minimum atomic E-state index is -0.985. The average Bonchev–Trinajstić information content (AvgIpc) is 2.48. The molecule has 0 fully saturated rings. The van der Waals surface area contributed by atoms with Crippen LogP contribution in [0.1, 0.15) is 10.4 Å². The first kappa shape index (κ1) is 12.2. The Morgan fingerprint density at radius 3 is 2.75 bits per heavy atom. The lowest BCUT2D eigenvalue weighted by atomic mass is 10.2. The third-order valence-corrected chi connectivity index (χ3v) is 2.93. The van der Waals surface area contributed by atoms with Gasteiger partial charge in [0.05, 0.1) is 5.56 Å². The summed E-state index contributed by atoms with van der Waals surface area (Å²) < 4.78 is 5.71. The van der Waals surface area contributed by atoms with Crippen LogP contribution in [0.25, 0.3) is 10.8 Å². The topological polar surface area (TPSA) is 59.4 Å². The molecule has 0 saturated carbocycles. The zero-order valence-electron chi connectivity index (χ0n) is 10.5. The molecular formula is C16H11NO3. The van der Waals surface area contributed by atoms with Crippen molar-refractivity contribution in [2.45, 2.75) is 0 Å². The van der Waals surface area contributed by atoms with Crippen molar-refractivity contribution in [3.05, 3.63) is 66.4 Å². The Balaban J connectivity index is 2.01. The van der Waals surface area contributed by atoms with E-state index >= 15 is 0 Å². The fraction of sp³-hybridized carbons (Fsp3) is 0. The highest BCUT2D eigenvalue weighted by Crippen LogP contribution is 2.27. The molecule has 0 spiro atoms. The van der Waals surface area contributed by atoms with E-state index in [1.165, 1.54) is 12.1 Å². The van der Waals surface area contributed by atoms with E-state index in [4.69, 9.17) is 9.84 Å². The molecule has 0 radical (unpaired) electrons. The molecule has 3 rings (SSSR count). The van der Waals surface area contributed by atoms with Gasteiger partial charge in [0.1, 0.15) is 5.75 Å². The van der Waals surface area contributed by atoms with E-state index in [-0.39, 0.29) is 5.56 Å². The number of nitrogens with zero attached hydrogens (tertiary/aromatic N) is 1. The fourth-order valence-corrected chi connectivity index (χ4v) is 1.98. The molecule has 0 aliphatic rings. The van der Waals surface area contributed by atoms with Crippen molar-refractivity contribution in [3.63, 3.8) is 0 Å². The number of hydrogen-bond acceptors (Lipinski definition) is 3. The summed E-state index contributed by atoms with van der Waals surface area (Å²) in [5.41, 5.74) is 0.183. The highest BCUT2D eigenvalue weighted by atomic mass is 16.5. The Kier molecular flexibility index (Phi) is 3.05. The molecule has 1 N–H and O–H groups in total. The third kappa shape index (κ3) is 2.31. The number of hydrogen-bond donors (Lipinski definition) is 1. The number of benzene rings is 2. The summed E-state index contributed by atoms with van der Waals surface area (Å²) in [6.07, 6.45) is 1.67. The monoisotopic (exact) mass is 265 g/mol. The molecule has 0 atom stereocenters. The standard InChI is InChI=1S/C16H11NO3/c18-16(19)12-5-3-6-13(10-12)20-15-14-7-2-1-4-11(14)8-9-17-15/h1-10H,(H,18,19). The van der Waals surface area contributed by atoms with Crippen LogP contribution in [0.3, 0.4) is 0 Å². The highest BCUT2D eigenvalue weighted by Gasteiger charge is 2.07. The second kappa shape index (κ2) is 5.01. The van der Waals surface area contributed by atoms with Crippen LogP contribution in [0.2, 0.25) is 0 Å². The fourth-order valence-electron chi connectivity index (χ4n) is 1.98. The Hall–Kier alpha value is -2.88. The van der Waals surface area contributed by atoms with E-state index in [0.717, 1.165) is 10.8 Å². The van der Waals surface area contributed by atoms with E-state index in [2.05, 4.69) is 4.98 Å². The number of carbonyl (C=O) groups is 1. The summed E-state index contributed by atoms with van der Waals surface area (Å²) in [6, 6.07) is 16.0. The summed E-state index contributed by atoms with van der Waals surface area (Å²) in [4.78, 5) is 15.2. The van der Waals surface area contributed by atoms with Crippen molar-refractivity contribution in [1.82, 2.24) is 4.98 Å². The largest absolute Gasteiger partial charge is 0.478 e. The highest BCUT2D eigenvalue weighted by molar-refractivity contribution is 5.88. The van der Waals surface area contributed by atoms with Crippen LogP contribution in [0.15, 0.2) is 60.8 Å². The summed E-state index contributed by atoms with van der Waals surface area (Å²) >= 11 is 0. The molecule has 0 amide bonds. The predicted octanol–water partition coefficient (Wildman–Crippen LogP) is 3.73. The van der Waals surface area contributed by atoms with Gasteiger partial charge in [-0.25, -0.2) is 9.78 Å². The minimum absolute atomic E-state index is 0.183. The van der Waals surface area contributed by atoms with Crippen LogP contribution < -0.4 is 4.74 Å². The number of aromatic nitrogens is 1. The van der Waals surface area contributed by atoms with E-state index in [1.807, 2.05) is 30.3 Å². The van der Waals surface area contributed by atoms with Gasteiger partial charge in [-0.05, 0) is 35.7 Å². The van der Waals surface area contributed by atoms with E-state index in [9.17, 15) is 4.79 Å². The van der Waals surface area contributed by atoms with Gasteiger partial charge in [-0.15, -0.1) is 0 Å². The van der Waals surface area contributed by atoms with Gasteiger partial charge in [0.15, 0.2) is 0 Å². The maximum absolute atomic E-state index is 10.9. The normalized spacial score (nSPS) is 10.4. The van der Waals surface area contributed by atoms with Crippen LogP contribution in [0.4, 0.5) is 0 Å². The number of carboxylic acid groups (broad SMARTS) is 1. The number of fused-ring (bicyclic) bond motifs is 1. The Morgan fingerprint density at radius 2 is 1.90 bits per heavy atom. The van der Waals surface area contributed by atoms with Gasteiger partial charge in [0, 0.05) is 11.6 Å². The lowest BCUT2D eigenvalue weighted by molar-refractivity contribution is 0.0696. The van der Waals surface area contributed by atoms with Crippen molar-refractivity contribution in [3.8, 4) is 11.6 Å². The molecule has 4 nitrogen and oxygen atoms in total. The molecule has 0 aliphatic carbocycles. The molecule has 3 aromatic rings. The lowest BCUT2D eigenvalue weighted by Crippen LogP contribution is -1.96. The van der Waals surface area contributed by atoms with E-state index < -0.39 is 5.97 Å². The smallest absolute Gasteiger partial charge is 0.335 e. The molecular weight excluding hydrogens is 254 g/mol. The minimum Gasteiger partial charge on any atom is -0.478 e. The predicted molar refractivity (Wildman–Crippen MR) is 75.2 cm³/mol. The van der Waals surface area contributed by atoms with E-state index in [1.54, 1.807) is 18.3 Å². The lowest BCUT2D eigenvalue weighted by Gasteiger charge is -2.08. The van der Waals surface area contributed by atoms with Crippen molar-refractivity contribution in [2.75, 3.05) is 0 Å². The number of rotatable bonds is 3. The molecule has 0 aliphatic heterocycles. The van der Waals surface area contributed by atoms with Gasteiger partial charge in [0.2, 0.25) is 5.88 Å². The Morgan fingerprint density at radius 1 is 1.05 bits per heavy atom. The molecule has 1 heterocycles. The van der Waals surface area contributed by atoms with Crippen LogP contribution >= 0.6 is 0 Å². The quantitative estimate of drug-likeness (QED) is 0.784. The Labute approximate surface area is 115 Å². The summed E-state index contributed by atoms with van der Waals surface area (Å²) in [5.74, 6) is -0.0688. The first-order valence-electron chi connectivity index (χ1n) is 6.09. The maximum Gasteiger partial charge on any atom is 0.335 e. The van der Waals surface area contributed by atoms with Crippen molar-refractivity contribution >= 4 is 16.7 Å². The van der Waals surface area contributed by atoms with Crippen LogP contribution in [0, 0.1) is 0 Å². The van der Waals surface area contributed by atoms with E-state index in [0.29, 0.717) is 11.6 Å². The number of pyridine rings is 1. The van der Waals surface area contributed by atoms with Crippen LogP contribution in [0.5, 0.6) is 11.6 Å². The molecule has 98 valence electrons. The summed E-state index contributed by atoms with van der Waals surface area (Å²) in [7, 11) is 0. The van der Waals surface area contributed by atoms with Crippen LogP contribution in [-0.2, 0) is 0 Å². The summed E-state index contributed by atoms with van der Waals surface area (Å²) in [6.45, 7) is 0. The van der Waals surface area contributed by atoms with Crippen molar-refractivity contribution in [2.24, 2.45) is 0 Å².